The van der Waals surface area contributed by atoms with E-state index in [1.54, 1.807) is 6.07 Å². The van der Waals surface area contributed by atoms with Crippen molar-refractivity contribution in [1.29, 1.82) is 0 Å². The molecule has 0 saturated carbocycles. The molecule has 1 saturated heterocycles. The van der Waals surface area contributed by atoms with Crippen molar-refractivity contribution >= 4 is 21.6 Å². The van der Waals surface area contributed by atoms with Crippen LogP contribution in [0.3, 0.4) is 0 Å². The van der Waals surface area contributed by atoms with E-state index in [-0.39, 0.29) is 16.5 Å². The van der Waals surface area contributed by atoms with Crippen molar-refractivity contribution in [3.63, 3.8) is 0 Å². The zero-order valence-corrected chi connectivity index (χ0v) is 13.6. The normalized spacial score (nSPS) is 20.0. The van der Waals surface area contributed by atoms with E-state index in [4.69, 9.17) is 16.7 Å². The fraction of sp³-hybridized carbons (Fsp3) is 0.571. The van der Waals surface area contributed by atoms with Crippen molar-refractivity contribution in [3.05, 3.63) is 28.8 Å². The lowest BCUT2D eigenvalue weighted by Crippen LogP contribution is -2.31. The lowest BCUT2D eigenvalue weighted by atomic mass is 10.1. The van der Waals surface area contributed by atoms with Crippen molar-refractivity contribution in [1.82, 2.24) is 9.62 Å². The van der Waals surface area contributed by atoms with E-state index in [0.717, 1.165) is 26.1 Å². The van der Waals surface area contributed by atoms with Gasteiger partial charge in [0.1, 0.15) is 4.90 Å². The van der Waals surface area contributed by atoms with Gasteiger partial charge in [-0.15, -0.1) is 0 Å². The molecule has 2 N–H and O–H groups in total. The minimum Gasteiger partial charge on any atom is -0.392 e. The van der Waals surface area contributed by atoms with Gasteiger partial charge in [-0.05, 0) is 43.1 Å². The van der Waals surface area contributed by atoms with Crippen molar-refractivity contribution in [3.8, 4) is 0 Å². The number of halogens is 1. The third kappa shape index (κ3) is 4.17. The number of likely N-dealkylation sites (tertiary alicyclic amines) is 1. The number of aliphatic hydroxyl groups is 1. The summed E-state index contributed by atoms with van der Waals surface area (Å²) < 4.78 is 27.3. The molecule has 0 bridgehead atoms. The Balaban J connectivity index is 2.05. The second kappa shape index (κ2) is 7.07. The van der Waals surface area contributed by atoms with Crippen LogP contribution in [-0.2, 0) is 16.6 Å². The molecule has 1 heterocycles. The van der Waals surface area contributed by atoms with E-state index in [1.165, 1.54) is 12.1 Å². The van der Waals surface area contributed by atoms with Gasteiger partial charge in [-0.2, -0.15) is 0 Å². The van der Waals surface area contributed by atoms with Gasteiger partial charge in [0.25, 0.3) is 0 Å². The Hall–Kier alpha value is -0.660. The Kier molecular flexibility index (Phi) is 5.62. The summed E-state index contributed by atoms with van der Waals surface area (Å²) in [6.45, 7) is 5.24. The molecule has 21 heavy (non-hydrogen) atoms. The van der Waals surface area contributed by atoms with Crippen LogP contribution < -0.4 is 4.72 Å². The van der Waals surface area contributed by atoms with Gasteiger partial charge >= 0.3 is 0 Å². The third-order valence-corrected chi connectivity index (χ3v) is 5.75. The predicted octanol–water partition coefficient (Wildman–Crippen LogP) is 1.45. The fourth-order valence-electron chi connectivity index (χ4n) is 2.52. The van der Waals surface area contributed by atoms with Crippen molar-refractivity contribution in [2.24, 2.45) is 5.92 Å². The van der Waals surface area contributed by atoms with Crippen LogP contribution in [0.1, 0.15) is 18.9 Å². The van der Waals surface area contributed by atoms with Gasteiger partial charge in [-0.1, -0.05) is 24.6 Å². The lowest BCUT2D eigenvalue weighted by molar-refractivity contribution is 0.281. The Morgan fingerprint density at radius 2 is 2.24 bits per heavy atom. The molecular formula is C14H21ClN2O3S. The Morgan fingerprint density at radius 3 is 2.86 bits per heavy atom. The van der Waals surface area contributed by atoms with Crippen LogP contribution in [0.25, 0.3) is 0 Å². The number of hydrogen-bond donors (Lipinski definition) is 2. The van der Waals surface area contributed by atoms with Gasteiger partial charge in [0.15, 0.2) is 0 Å². The first-order valence-corrected chi connectivity index (χ1v) is 8.93. The number of hydrogen-bond acceptors (Lipinski definition) is 4. The second-order valence-corrected chi connectivity index (χ2v) is 7.47. The molecule has 1 aromatic rings. The smallest absolute Gasteiger partial charge is 0.242 e. The second-order valence-electron chi connectivity index (χ2n) is 5.32. The zero-order valence-electron chi connectivity index (χ0n) is 12.0. The fourth-order valence-corrected chi connectivity index (χ4v) is 4.19. The largest absolute Gasteiger partial charge is 0.392 e. The monoisotopic (exact) mass is 332 g/mol. The Bertz CT molecular complexity index is 592. The maximum absolute atomic E-state index is 12.3. The summed E-state index contributed by atoms with van der Waals surface area (Å²) in [7, 11) is -3.65. The average Bonchev–Trinajstić information content (AvgIpc) is 2.94. The van der Waals surface area contributed by atoms with Crippen LogP contribution in [-0.4, -0.2) is 44.6 Å². The van der Waals surface area contributed by atoms with Crippen LogP contribution in [0, 0.1) is 5.92 Å². The Labute approximate surface area is 131 Å². The minimum atomic E-state index is -3.65. The molecule has 0 spiro atoms. The summed E-state index contributed by atoms with van der Waals surface area (Å²) in [5.41, 5.74) is 0.526. The van der Waals surface area contributed by atoms with E-state index >= 15 is 0 Å². The van der Waals surface area contributed by atoms with Gasteiger partial charge in [-0.3, -0.25) is 0 Å². The summed E-state index contributed by atoms with van der Waals surface area (Å²) in [5.74, 6) is 0.333. The topological polar surface area (TPSA) is 69.6 Å². The molecule has 1 atom stereocenters. The molecule has 1 fully saturated rings. The predicted molar refractivity (Wildman–Crippen MR) is 82.8 cm³/mol. The quantitative estimate of drug-likeness (QED) is 0.827. The number of aliphatic hydroxyl groups excluding tert-OH is 1. The summed E-state index contributed by atoms with van der Waals surface area (Å²) in [6, 6.07) is 4.52. The lowest BCUT2D eigenvalue weighted by Gasteiger charge is -2.14. The van der Waals surface area contributed by atoms with Crippen LogP contribution in [0.4, 0.5) is 0 Å². The van der Waals surface area contributed by atoms with Gasteiger partial charge in [0.05, 0.1) is 11.6 Å². The highest BCUT2D eigenvalue weighted by Crippen LogP contribution is 2.23. The van der Waals surface area contributed by atoms with Crippen molar-refractivity contribution < 1.29 is 13.5 Å². The molecule has 118 valence electrons. The molecule has 1 aromatic carbocycles. The highest BCUT2D eigenvalue weighted by atomic mass is 35.5. The average molecular weight is 333 g/mol. The first-order chi connectivity index (χ1) is 9.96. The summed E-state index contributed by atoms with van der Waals surface area (Å²) in [5, 5.41) is 9.28. The number of rotatable bonds is 6. The first-order valence-electron chi connectivity index (χ1n) is 7.07. The molecule has 1 aliphatic rings. The third-order valence-electron chi connectivity index (χ3n) is 3.85. The molecule has 1 aliphatic heterocycles. The van der Waals surface area contributed by atoms with Crippen LogP contribution in [0.15, 0.2) is 23.1 Å². The molecule has 0 radical (unpaired) electrons. The molecule has 0 aromatic heterocycles. The van der Waals surface area contributed by atoms with Gasteiger partial charge < -0.3 is 10.0 Å². The highest BCUT2D eigenvalue weighted by molar-refractivity contribution is 7.89. The van der Waals surface area contributed by atoms with Crippen LogP contribution in [0.5, 0.6) is 0 Å². The van der Waals surface area contributed by atoms with E-state index in [2.05, 4.69) is 16.5 Å². The number of benzene rings is 1. The molecule has 5 nitrogen and oxygen atoms in total. The first kappa shape index (κ1) is 16.7. The summed E-state index contributed by atoms with van der Waals surface area (Å²) >= 11 is 5.97. The zero-order chi connectivity index (χ0) is 15.5. The summed E-state index contributed by atoms with van der Waals surface area (Å²) in [4.78, 5) is 2.33. The molecule has 2 rings (SSSR count). The summed E-state index contributed by atoms with van der Waals surface area (Å²) in [6.07, 6.45) is 1.00. The van der Waals surface area contributed by atoms with E-state index in [0.29, 0.717) is 18.0 Å². The standard InChI is InChI=1S/C14H21ClN2O3S/c1-2-17-6-5-12(9-17)8-16-21(19,20)14-7-11(10-18)3-4-13(14)15/h3-4,7,12,16,18H,2,5-6,8-10H2,1H3. The molecule has 1 unspecified atom stereocenters. The van der Waals surface area contributed by atoms with E-state index in [1.807, 2.05) is 0 Å². The van der Waals surface area contributed by atoms with Gasteiger partial charge in [-0.25, -0.2) is 13.1 Å². The molecule has 0 aliphatic carbocycles. The van der Waals surface area contributed by atoms with Crippen LogP contribution in [0.2, 0.25) is 5.02 Å². The van der Waals surface area contributed by atoms with Gasteiger partial charge in [0.2, 0.25) is 10.0 Å². The highest BCUT2D eigenvalue weighted by Gasteiger charge is 2.24. The molecule has 7 heteroatoms. The SMILES string of the molecule is CCN1CCC(CNS(=O)(=O)c2cc(CO)ccc2Cl)C1. The van der Waals surface area contributed by atoms with Crippen molar-refractivity contribution in [2.45, 2.75) is 24.8 Å². The number of nitrogens with zero attached hydrogens (tertiary/aromatic N) is 1. The molecule has 0 amide bonds. The maximum Gasteiger partial charge on any atom is 0.242 e. The maximum atomic E-state index is 12.3. The Morgan fingerprint density at radius 1 is 1.48 bits per heavy atom. The number of nitrogens with one attached hydrogen (secondary N) is 1. The number of sulfonamides is 1. The van der Waals surface area contributed by atoms with Crippen LogP contribution >= 0.6 is 11.6 Å². The van der Waals surface area contributed by atoms with Gasteiger partial charge in [0, 0.05) is 13.1 Å². The van der Waals surface area contributed by atoms with Crippen molar-refractivity contribution in [2.75, 3.05) is 26.2 Å². The minimum absolute atomic E-state index is 0.0288. The van der Waals surface area contributed by atoms with E-state index < -0.39 is 10.0 Å². The van der Waals surface area contributed by atoms with E-state index in [9.17, 15) is 8.42 Å². The molecular weight excluding hydrogens is 312 g/mol.